The predicted octanol–water partition coefficient (Wildman–Crippen LogP) is 4.16. The van der Waals surface area contributed by atoms with E-state index in [9.17, 15) is 4.79 Å². The molecule has 3 rings (SSSR count). The zero-order valence-electron chi connectivity index (χ0n) is 14.5. The van der Waals surface area contributed by atoms with Gasteiger partial charge in [-0.15, -0.1) is 0 Å². The molecule has 25 heavy (non-hydrogen) atoms. The molecule has 0 unspecified atom stereocenters. The zero-order valence-corrected chi connectivity index (χ0v) is 14.5. The molecule has 0 atom stereocenters. The number of likely N-dealkylation sites (tertiary alicyclic amines) is 1. The number of hydrogen-bond donors (Lipinski definition) is 0. The fourth-order valence-corrected chi connectivity index (χ4v) is 3.01. The molecular weight excluding hydrogens is 314 g/mol. The summed E-state index contributed by atoms with van der Waals surface area (Å²) in [6.07, 6.45) is 4.63. The first kappa shape index (κ1) is 17.3. The predicted molar refractivity (Wildman–Crippen MR) is 98.2 cm³/mol. The second kappa shape index (κ2) is 9.11. The van der Waals surface area contributed by atoms with Gasteiger partial charge in [-0.25, -0.2) is 0 Å². The highest BCUT2D eigenvalue weighted by Gasteiger charge is 2.17. The van der Waals surface area contributed by atoms with E-state index in [-0.39, 0.29) is 5.91 Å². The van der Waals surface area contributed by atoms with Crippen LogP contribution in [0.1, 0.15) is 36.0 Å². The summed E-state index contributed by atoms with van der Waals surface area (Å²) in [5.74, 6) is 1.64. The molecule has 1 saturated heterocycles. The summed E-state index contributed by atoms with van der Waals surface area (Å²) < 4.78 is 11.3. The van der Waals surface area contributed by atoms with Crippen LogP contribution >= 0.6 is 0 Å². The Balaban J connectivity index is 1.51. The van der Waals surface area contributed by atoms with E-state index in [0.29, 0.717) is 24.5 Å². The number of para-hydroxylation sites is 1. The number of nitrogens with zero attached hydrogens (tertiary/aromatic N) is 1. The van der Waals surface area contributed by atoms with Gasteiger partial charge in [-0.2, -0.15) is 0 Å². The molecule has 132 valence electrons. The van der Waals surface area contributed by atoms with E-state index in [1.807, 2.05) is 59.5 Å². The summed E-state index contributed by atoms with van der Waals surface area (Å²) in [5.41, 5.74) is 0.698. The van der Waals surface area contributed by atoms with Gasteiger partial charge in [0.2, 0.25) is 0 Å². The normalized spacial score (nSPS) is 14.6. The molecule has 0 radical (unpaired) electrons. The van der Waals surface area contributed by atoms with Crippen molar-refractivity contribution in [2.75, 3.05) is 26.3 Å². The maximum atomic E-state index is 12.7. The number of hydrogen-bond acceptors (Lipinski definition) is 3. The van der Waals surface area contributed by atoms with Crippen LogP contribution in [0.2, 0.25) is 0 Å². The van der Waals surface area contributed by atoms with E-state index in [1.54, 1.807) is 0 Å². The maximum absolute atomic E-state index is 12.7. The molecule has 0 aliphatic carbocycles. The zero-order chi connectivity index (χ0) is 17.3. The van der Waals surface area contributed by atoms with Crippen molar-refractivity contribution in [3.05, 3.63) is 60.2 Å². The monoisotopic (exact) mass is 339 g/mol. The van der Waals surface area contributed by atoms with Crippen molar-refractivity contribution in [1.29, 1.82) is 0 Å². The van der Waals surface area contributed by atoms with Crippen molar-refractivity contribution in [2.24, 2.45) is 0 Å². The van der Waals surface area contributed by atoms with Gasteiger partial charge < -0.3 is 14.4 Å². The number of carbonyl (C=O) groups is 1. The van der Waals surface area contributed by atoms with Crippen molar-refractivity contribution in [3.8, 4) is 11.5 Å². The summed E-state index contributed by atoms with van der Waals surface area (Å²) in [4.78, 5) is 14.6. The Kier molecular flexibility index (Phi) is 6.32. The summed E-state index contributed by atoms with van der Waals surface area (Å²) in [5, 5.41) is 0. The number of rotatable bonds is 6. The molecule has 0 saturated carbocycles. The van der Waals surface area contributed by atoms with Crippen molar-refractivity contribution < 1.29 is 14.3 Å². The van der Waals surface area contributed by atoms with Gasteiger partial charge in [0.15, 0.2) is 0 Å². The lowest BCUT2D eigenvalue weighted by Crippen LogP contribution is -2.31. The molecule has 1 amide bonds. The van der Waals surface area contributed by atoms with Crippen LogP contribution in [0, 0.1) is 0 Å². The van der Waals surface area contributed by atoms with Gasteiger partial charge in [-0.3, -0.25) is 4.79 Å². The molecule has 1 aliphatic heterocycles. The molecule has 1 fully saturated rings. The molecule has 2 aromatic rings. The maximum Gasteiger partial charge on any atom is 0.253 e. The summed E-state index contributed by atoms with van der Waals surface area (Å²) in [6.45, 7) is 2.62. The van der Waals surface area contributed by atoms with Crippen LogP contribution in [0.25, 0.3) is 0 Å². The summed E-state index contributed by atoms with van der Waals surface area (Å²) in [7, 11) is 0. The van der Waals surface area contributed by atoms with Crippen LogP contribution < -0.4 is 9.47 Å². The fraction of sp³-hybridized carbons (Fsp3) is 0.381. The lowest BCUT2D eigenvalue weighted by Gasteiger charge is -2.20. The lowest BCUT2D eigenvalue weighted by atomic mass is 10.2. The Morgan fingerprint density at radius 2 is 1.44 bits per heavy atom. The first-order valence-corrected chi connectivity index (χ1v) is 9.03. The highest BCUT2D eigenvalue weighted by molar-refractivity contribution is 5.94. The van der Waals surface area contributed by atoms with Gasteiger partial charge in [0.05, 0.1) is 0 Å². The largest absolute Gasteiger partial charge is 0.490 e. The van der Waals surface area contributed by atoms with Crippen molar-refractivity contribution in [1.82, 2.24) is 4.90 Å². The molecule has 2 aromatic carbocycles. The quantitative estimate of drug-likeness (QED) is 0.742. The summed E-state index contributed by atoms with van der Waals surface area (Å²) >= 11 is 0. The first-order chi connectivity index (χ1) is 12.3. The van der Waals surface area contributed by atoms with E-state index in [1.165, 1.54) is 12.8 Å². The molecule has 1 aliphatic rings. The van der Waals surface area contributed by atoms with Crippen molar-refractivity contribution in [2.45, 2.75) is 25.7 Å². The molecule has 1 heterocycles. The molecule has 4 nitrogen and oxygen atoms in total. The number of carbonyl (C=O) groups excluding carboxylic acids is 1. The molecule has 0 bridgehead atoms. The van der Waals surface area contributed by atoms with Gasteiger partial charge in [0.1, 0.15) is 24.7 Å². The van der Waals surface area contributed by atoms with Crippen LogP contribution in [0.4, 0.5) is 0 Å². The minimum absolute atomic E-state index is 0.105. The smallest absolute Gasteiger partial charge is 0.253 e. The van der Waals surface area contributed by atoms with Gasteiger partial charge in [0, 0.05) is 18.7 Å². The van der Waals surface area contributed by atoms with Crippen LogP contribution in [0.5, 0.6) is 11.5 Å². The Labute approximate surface area is 149 Å². The standard InChI is InChI=1S/C21H25NO3/c23-21(22-13-6-1-2-7-14-22)18-9-8-12-20(17-18)25-16-15-24-19-10-4-3-5-11-19/h3-5,8-12,17H,1-2,6-7,13-16H2. The number of benzene rings is 2. The third kappa shape index (κ3) is 5.24. The Hall–Kier alpha value is -2.49. The third-order valence-electron chi connectivity index (χ3n) is 4.34. The van der Waals surface area contributed by atoms with Gasteiger partial charge in [-0.1, -0.05) is 37.1 Å². The lowest BCUT2D eigenvalue weighted by molar-refractivity contribution is 0.0761. The SMILES string of the molecule is O=C(c1cccc(OCCOc2ccccc2)c1)N1CCCCCC1. The van der Waals surface area contributed by atoms with E-state index >= 15 is 0 Å². The Morgan fingerprint density at radius 1 is 0.800 bits per heavy atom. The van der Waals surface area contributed by atoms with Crippen LogP contribution in [0.3, 0.4) is 0 Å². The van der Waals surface area contributed by atoms with Crippen LogP contribution in [-0.4, -0.2) is 37.1 Å². The van der Waals surface area contributed by atoms with E-state index in [4.69, 9.17) is 9.47 Å². The molecule has 4 heteroatoms. The average Bonchev–Trinajstić information content (AvgIpc) is 2.95. The van der Waals surface area contributed by atoms with E-state index in [2.05, 4.69) is 0 Å². The first-order valence-electron chi connectivity index (χ1n) is 9.03. The van der Waals surface area contributed by atoms with Crippen molar-refractivity contribution in [3.63, 3.8) is 0 Å². The van der Waals surface area contributed by atoms with Crippen LogP contribution in [0.15, 0.2) is 54.6 Å². The van der Waals surface area contributed by atoms with Gasteiger partial charge in [-0.05, 0) is 43.2 Å². The minimum atomic E-state index is 0.105. The second-order valence-electron chi connectivity index (χ2n) is 6.24. The number of amides is 1. The van der Waals surface area contributed by atoms with Crippen LogP contribution in [-0.2, 0) is 0 Å². The minimum Gasteiger partial charge on any atom is -0.490 e. The molecule has 0 spiro atoms. The molecule has 0 aromatic heterocycles. The Bertz CT molecular complexity index is 664. The van der Waals surface area contributed by atoms with Gasteiger partial charge in [0.25, 0.3) is 5.91 Å². The van der Waals surface area contributed by atoms with Crippen molar-refractivity contribution >= 4 is 5.91 Å². The van der Waals surface area contributed by atoms with E-state index in [0.717, 1.165) is 31.7 Å². The van der Waals surface area contributed by atoms with Gasteiger partial charge >= 0.3 is 0 Å². The Morgan fingerprint density at radius 3 is 2.16 bits per heavy atom. The molecular formula is C21H25NO3. The number of ether oxygens (including phenoxy) is 2. The fourth-order valence-electron chi connectivity index (χ4n) is 3.01. The highest BCUT2D eigenvalue weighted by atomic mass is 16.5. The topological polar surface area (TPSA) is 38.8 Å². The highest BCUT2D eigenvalue weighted by Crippen LogP contribution is 2.18. The second-order valence-corrected chi connectivity index (χ2v) is 6.24. The summed E-state index contributed by atoms with van der Waals surface area (Å²) in [6, 6.07) is 17.1. The third-order valence-corrected chi connectivity index (χ3v) is 4.34. The average molecular weight is 339 g/mol. The molecule has 0 N–H and O–H groups in total. The van der Waals surface area contributed by atoms with E-state index < -0.39 is 0 Å².